The molecule has 1 heterocycles. The van der Waals surface area contributed by atoms with Gasteiger partial charge in [0.2, 0.25) is 11.7 Å². The van der Waals surface area contributed by atoms with Crippen LogP contribution in [-0.4, -0.2) is 28.6 Å². The molecular weight excluding hydrogens is 284 g/mol. The second kappa shape index (κ2) is 7.56. The van der Waals surface area contributed by atoms with Gasteiger partial charge in [-0.25, -0.2) is 0 Å². The molecule has 0 aliphatic heterocycles. The standard InChI is InChI=1S/C15H20N4O3/c1-3-14-18-13(19-22-14)9-21-12-6-4-11(5-7-12)15(20)17-10(2)8-16/h4-7,10H,3,8-9,16H2,1-2H3,(H,17,20)/t10-/m0/s1. The second-order valence-electron chi connectivity index (χ2n) is 4.88. The van der Waals surface area contributed by atoms with E-state index in [-0.39, 0.29) is 18.6 Å². The van der Waals surface area contributed by atoms with Crippen LogP contribution in [0.3, 0.4) is 0 Å². The number of aromatic nitrogens is 2. The summed E-state index contributed by atoms with van der Waals surface area (Å²) in [6.45, 7) is 4.41. The molecule has 7 heteroatoms. The number of benzene rings is 1. The summed E-state index contributed by atoms with van der Waals surface area (Å²) in [5.41, 5.74) is 6.03. The van der Waals surface area contributed by atoms with E-state index < -0.39 is 0 Å². The lowest BCUT2D eigenvalue weighted by Crippen LogP contribution is -2.37. The summed E-state index contributed by atoms with van der Waals surface area (Å²) in [6.07, 6.45) is 0.692. The topological polar surface area (TPSA) is 103 Å². The summed E-state index contributed by atoms with van der Waals surface area (Å²) in [5.74, 6) is 1.55. The Labute approximate surface area is 128 Å². The summed E-state index contributed by atoms with van der Waals surface area (Å²) in [7, 11) is 0. The SMILES string of the molecule is CCc1nc(COc2ccc(C(=O)N[C@@H](C)CN)cc2)no1. The molecule has 0 bridgehead atoms. The number of nitrogens with one attached hydrogen (secondary N) is 1. The fourth-order valence-corrected chi connectivity index (χ4v) is 1.71. The zero-order chi connectivity index (χ0) is 15.9. The van der Waals surface area contributed by atoms with Crippen molar-refractivity contribution in [2.75, 3.05) is 6.54 Å². The molecule has 1 atom stereocenters. The van der Waals surface area contributed by atoms with E-state index in [1.54, 1.807) is 24.3 Å². The van der Waals surface area contributed by atoms with Crippen LogP contribution in [0.2, 0.25) is 0 Å². The molecule has 22 heavy (non-hydrogen) atoms. The van der Waals surface area contributed by atoms with Crippen LogP contribution < -0.4 is 15.8 Å². The van der Waals surface area contributed by atoms with E-state index in [4.69, 9.17) is 15.0 Å². The van der Waals surface area contributed by atoms with Crippen LogP contribution >= 0.6 is 0 Å². The van der Waals surface area contributed by atoms with Gasteiger partial charge in [-0.3, -0.25) is 4.79 Å². The van der Waals surface area contributed by atoms with Crippen molar-refractivity contribution in [2.45, 2.75) is 32.9 Å². The van der Waals surface area contributed by atoms with Crippen LogP contribution in [0.4, 0.5) is 0 Å². The average molecular weight is 304 g/mol. The molecule has 0 saturated heterocycles. The van der Waals surface area contributed by atoms with Gasteiger partial charge in [-0.2, -0.15) is 4.98 Å². The molecule has 2 aromatic rings. The lowest BCUT2D eigenvalue weighted by atomic mass is 10.2. The first-order chi connectivity index (χ1) is 10.6. The summed E-state index contributed by atoms with van der Waals surface area (Å²) >= 11 is 0. The predicted octanol–water partition coefficient (Wildman–Crippen LogP) is 1.29. The van der Waals surface area contributed by atoms with Crippen molar-refractivity contribution in [1.82, 2.24) is 15.5 Å². The van der Waals surface area contributed by atoms with E-state index in [0.717, 1.165) is 0 Å². The van der Waals surface area contributed by atoms with Gasteiger partial charge in [0, 0.05) is 24.6 Å². The summed E-state index contributed by atoms with van der Waals surface area (Å²) < 4.78 is 10.5. The minimum absolute atomic E-state index is 0.0607. The molecule has 1 aromatic carbocycles. The number of carbonyl (C=O) groups excluding carboxylic acids is 1. The number of nitrogens with zero attached hydrogens (tertiary/aromatic N) is 2. The van der Waals surface area contributed by atoms with Crippen molar-refractivity contribution in [3.05, 3.63) is 41.5 Å². The highest BCUT2D eigenvalue weighted by Gasteiger charge is 2.09. The highest BCUT2D eigenvalue weighted by atomic mass is 16.5. The fraction of sp³-hybridized carbons (Fsp3) is 0.400. The Morgan fingerprint density at radius 3 is 2.73 bits per heavy atom. The van der Waals surface area contributed by atoms with E-state index in [1.807, 2.05) is 13.8 Å². The van der Waals surface area contributed by atoms with Gasteiger partial charge in [0.15, 0.2) is 6.61 Å². The zero-order valence-electron chi connectivity index (χ0n) is 12.7. The van der Waals surface area contributed by atoms with Crippen molar-refractivity contribution < 1.29 is 14.1 Å². The molecule has 0 aliphatic rings. The van der Waals surface area contributed by atoms with Gasteiger partial charge in [0.25, 0.3) is 5.91 Å². The van der Waals surface area contributed by atoms with Crippen molar-refractivity contribution in [3.63, 3.8) is 0 Å². The molecule has 0 radical (unpaired) electrons. The molecule has 7 nitrogen and oxygen atoms in total. The lowest BCUT2D eigenvalue weighted by molar-refractivity contribution is 0.0941. The van der Waals surface area contributed by atoms with Crippen molar-refractivity contribution in [3.8, 4) is 5.75 Å². The third-order valence-corrected chi connectivity index (χ3v) is 3.03. The highest BCUT2D eigenvalue weighted by Crippen LogP contribution is 2.14. The molecule has 0 spiro atoms. The molecule has 0 fully saturated rings. The molecule has 0 aliphatic carbocycles. The number of hydrogen-bond donors (Lipinski definition) is 2. The third kappa shape index (κ3) is 4.29. The Balaban J connectivity index is 1.90. The normalized spacial score (nSPS) is 12.0. The molecule has 0 unspecified atom stereocenters. The average Bonchev–Trinajstić information content (AvgIpc) is 3.01. The van der Waals surface area contributed by atoms with Crippen LogP contribution in [0, 0.1) is 0 Å². The number of rotatable bonds is 7. The van der Waals surface area contributed by atoms with Crippen LogP contribution in [0.1, 0.15) is 35.9 Å². The first-order valence-electron chi connectivity index (χ1n) is 7.17. The van der Waals surface area contributed by atoms with E-state index in [9.17, 15) is 4.79 Å². The van der Waals surface area contributed by atoms with Gasteiger partial charge in [0.1, 0.15) is 5.75 Å². The van der Waals surface area contributed by atoms with Crippen LogP contribution in [0.5, 0.6) is 5.75 Å². The van der Waals surface area contributed by atoms with E-state index in [2.05, 4.69) is 15.5 Å². The van der Waals surface area contributed by atoms with Gasteiger partial charge >= 0.3 is 0 Å². The van der Waals surface area contributed by atoms with E-state index in [1.165, 1.54) is 0 Å². The number of amides is 1. The van der Waals surface area contributed by atoms with E-state index >= 15 is 0 Å². The molecular formula is C15H20N4O3. The first-order valence-corrected chi connectivity index (χ1v) is 7.17. The number of ether oxygens (including phenoxy) is 1. The molecule has 118 valence electrons. The Bertz CT molecular complexity index is 610. The lowest BCUT2D eigenvalue weighted by Gasteiger charge is -2.11. The van der Waals surface area contributed by atoms with Crippen molar-refractivity contribution in [1.29, 1.82) is 0 Å². The third-order valence-electron chi connectivity index (χ3n) is 3.03. The van der Waals surface area contributed by atoms with Crippen LogP contribution in [0.15, 0.2) is 28.8 Å². The number of hydrogen-bond acceptors (Lipinski definition) is 6. The minimum Gasteiger partial charge on any atom is -0.485 e. The Hall–Kier alpha value is -2.41. The van der Waals surface area contributed by atoms with Gasteiger partial charge < -0.3 is 20.3 Å². The summed E-state index contributed by atoms with van der Waals surface area (Å²) in [5, 5.41) is 6.60. The number of carbonyl (C=O) groups is 1. The Morgan fingerprint density at radius 1 is 1.41 bits per heavy atom. The fourth-order valence-electron chi connectivity index (χ4n) is 1.71. The molecule has 1 aromatic heterocycles. The summed E-state index contributed by atoms with van der Waals surface area (Å²) in [6, 6.07) is 6.78. The molecule has 2 rings (SSSR count). The molecule has 1 amide bonds. The van der Waals surface area contributed by atoms with Gasteiger partial charge in [-0.05, 0) is 31.2 Å². The maximum atomic E-state index is 11.9. The first kappa shape index (κ1) is 16.0. The van der Waals surface area contributed by atoms with Gasteiger partial charge in [-0.15, -0.1) is 0 Å². The number of aryl methyl sites for hydroxylation is 1. The van der Waals surface area contributed by atoms with Gasteiger partial charge in [0.05, 0.1) is 0 Å². The van der Waals surface area contributed by atoms with Crippen LogP contribution in [-0.2, 0) is 13.0 Å². The smallest absolute Gasteiger partial charge is 0.251 e. The Kier molecular flexibility index (Phi) is 5.48. The number of nitrogens with two attached hydrogens (primary N) is 1. The highest BCUT2D eigenvalue weighted by molar-refractivity contribution is 5.94. The minimum atomic E-state index is -0.157. The molecule has 3 N–H and O–H groups in total. The quantitative estimate of drug-likeness (QED) is 0.799. The zero-order valence-corrected chi connectivity index (χ0v) is 12.7. The predicted molar refractivity (Wildman–Crippen MR) is 80.4 cm³/mol. The second-order valence-corrected chi connectivity index (χ2v) is 4.88. The largest absolute Gasteiger partial charge is 0.485 e. The van der Waals surface area contributed by atoms with Crippen molar-refractivity contribution in [2.24, 2.45) is 5.73 Å². The Morgan fingerprint density at radius 2 is 2.14 bits per heavy atom. The molecule has 0 saturated carbocycles. The maximum absolute atomic E-state index is 11.9. The monoisotopic (exact) mass is 304 g/mol. The van der Waals surface area contributed by atoms with E-state index in [0.29, 0.717) is 36.0 Å². The van der Waals surface area contributed by atoms with Crippen molar-refractivity contribution >= 4 is 5.91 Å². The summed E-state index contributed by atoms with van der Waals surface area (Å²) in [4.78, 5) is 16.1. The van der Waals surface area contributed by atoms with Gasteiger partial charge in [-0.1, -0.05) is 12.1 Å². The van der Waals surface area contributed by atoms with Crippen LogP contribution in [0.25, 0.3) is 0 Å². The maximum Gasteiger partial charge on any atom is 0.251 e.